The van der Waals surface area contributed by atoms with Gasteiger partial charge in [0.15, 0.2) is 0 Å². The van der Waals surface area contributed by atoms with Crippen LogP contribution in [0.25, 0.3) is 44.2 Å². The number of ether oxygens (including phenoxy) is 3. The molecule has 2 fully saturated rings. The molecule has 16 nitrogen and oxygen atoms in total. The lowest BCUT2D eigenvalue weighted by molar-refractivity contribution is -0.137. The van der Waals surface area contributed by atoms with Crippen LogP contribution >= 0.6 is 12.4 Å². The number of amides is 5. The van der Waals surface area contributed by atoms with Crippen LogP contribution in [0.15, 0.2) is 60.8 Å². The van der Waals surface area contributed by atoms with E-state index in [9.17, 15) is 19.2 Å². The third kappa shape index (κ3) is 9.08. The van der Waals surface area contributed by atoms with Crippen LogP contribution in [-0.2, 0) is 19.0 Å². The molecule has 2 saturated heterocycles. The van der Waals surface area contributed by atoms with Gasteiger partial charge in [-0.05, 0) is 84.7 Å². The number of benzene rings is 3. The van der Waals surface area contributed by atoms with Gasteiger partial charge in [0.1, 0.15) is 23.9 Å². The minimum absolute atomic E-state index is 0. The van der Waals surface area contributed by atoms with Crippen LogP contribution in [-0.4, -0.2) is 107 Å². The van der Waals surface area contributed by atoms with Gasteiger partial charge in [-0.3, -0.25) is 4.79 Å². The van der Waals surface area contributed by atoms with Crippen molar-refractivity contribution in [2.45, 2.75) is 76.8 Å². The van der Waals surface area contributed by atoms with Crippen LogP contribution in [0.2, 0.25) is 0 Å². The number of carbonyl (C=O) groups excluding carboxylic acids is 4. The summed E-state index contributed by atoms with van der Waals surface area (Å²) in [7, 11) is 4.05. The van der Waals surface area contributed by atoms with Gasteiger partial charge in [-0.15, -0.1) is 12.4 Å². The summed E-state index contributed by atoms with van der Waals surface area (Å²) in [6.07, 6.45) is 2.51. The monoisotopic (exact) mass is 829 g/mol. The van der Waals surface area contributed by atoms with E-state index in [2.05, 4.69) is 74.4 Å². The van der Waals surface area contributed by atoms with Gasteiger partial charge >= 0.3 is 18.2 Å². The number of fused-ring (bicyclic) bond motifs is 2. The Kier molecular flexibility index (Phi) is 13.3. The highest BCUT2D eigenvalue weighted by Crippen LogP contribution is 2.35. The number of rotatable bonds is 11. The highest BCUT2D eigenvalue weighted by atomic mass is 35.5. The molecule has 5 N–H and O–H groups in total. The van der Waals surface area contributed by atoms with Crippen molar-refractivity contribution in [3.63, 3.8) is 0 Å². The Morgan fingerprint density at radius 1 is 0.746 bits per heavy atom. The summed E-state index contributed by atoms with van der Waals surface area (Å²) in [5.41, 5.74) is 5.58. The molecule has 0 saturated carbocycles. The van der Waals surface area contributed by atoms with Crippen molar-refractivity contribution in [1.82, 2.24) is 45.7 Å². The van der Waals surface area contributed by atoms with Gasteiger partial charge in [0, 0.05) is 25.8 Å². The van der Waals surface area contributed by atoms with Crippen LogP contribution in [0.4, 0.5) is 14.4 Å². The number of aromatic amines is 2. The Morgan fingerprint density at radius 2 is 1.36 bits per heavy atom. The third-order valence-corrected chi connectivity index (χ3v) is 11.2. The molecule has 59 heavy (non-hydrogen) atoms. The zero-order chi connectivity index (χ0) is 41.1. The van der Waals surface area contributed by atoms with Gasteiger partial charge in [0.2, 0.25) is 5.91 Å². The number of halogens is 1. The zero-order valence-electron chi connectivity index (χ0n) is 34.0. The van der Waals surface area contributed by atoms with Crippen LogP contribution in [0.3, 0.4) is 0 Å². The fourth-order valence-corrected chi connectivity index (χ4v) is 7.87. The number of urea groups is 1. The summed E-state index contributed by atoms with van der Waals surface area (Å²) in [6, 6.07) is 17.1. The summed E-state index contributed by atoms with van der Waals surface area (Å²) in [6.45, 7) is 6.68. The summed E-state index contributed by atoms with van der Waals surface area (Å²) >= 11 is 0. The van der Waals surface area contributed by atoms with Crippen molar-refractivity contribution in [3.05, 3.63) is 72.4 Å². The Bertz CT molecular complexity index is 2310. The topological polar surface area (TPSA) is 196 Å². The molecule has 0 bridgehead atoms. The molecule has 2 aromatic heterocycles. The first-order valence-electron chi connectivity index (χ1n) is 19.7. The second-order valence-corrected chi connectivity index (χ2v) is 15.2. The zero-order valence-corrected chi connectivity index (χ0v) is 34.9. The summed E-state index contributed by atoms with van der Waals surface area (Å²) in [5.74, 6) is 1.12. The van der Waals surface area contributed by atoms with E-state index in [-0.39, 0.29) is 42.3 Å². The van der Waals surface area contributed by atoms with Crippen molar-refractivity contribution < 1.29 is 33.4 Å². The fraction of sp³-hybridized carbons (Fsp3) is 0.429. The minimum atomic E-state index is -0.900. The average Bonchev–Trinajstić information content (AvgIpc) is 4.07. The maximum absolute atomic E-state index is 13.7. The molecule has 0 aliphatic carbocycles. The molecule has 7 rings (SSSR count). The van der Waals surface area contributed by atoms with Crippen molar-refractivity contribution in [3.8, 4) is 22.4 Å². The first kappa shape index (κ1) is 42.7. The van der Waals surface area contributed by atoms with Crippen molar-refractivity contribution in [2.75, 3.05) is 34.4 Å². The van der Waals surface area contributed by atoms with Crippen LogP contribution in [0.1, 0.15) is 70.2 Å². The van der Waals surface area contributed by atoms with Crippen LogP contribution < -0.4 is 16.0 Å². The number of carbonyl (C=O) groups is 4. The number of aromatic nitrogens is 4. The first-order valence-corrected chi connectivity index (χ1v) is 19.7. The number of alkyl carbamates (subject to hydrolysis) is 2. The number of nitrogens with zero attached hydrogens (tertiary/aromatic N) is 4. The number of hydrogen-bond donors (Lipinski definition) is 5. The van der Waals surface area contributed by atoms with Gasteiger partial charge in [0.05, 0.1) is 55.3 Å². The Balaban J connectivity index is 0.00000585. The lowest BCUT2D eigenvalue weighted by atomic mass is 9.99. The third-order valence-electron chi connectivity index (χ3n) is 11.2. The summed E-state index contributed by atoms with van der Waals surface area (Å²) in [5, 5.41) is 10.4. The van der Waals surface area contributed by atoms with Gasteiger partial charge in [0.25, 0.3) is 0 Å². The molecule has 5 amide bonds. The highest BCUT2D eigenvalue weighted by Gasteiger charge is 2.39. The van der Waals surface area contributed by atoms with E-state index < -0.39 is 30.5 Å². The molecular formula is C42H52ClN9O7. The van der Waals surface area contributed by atoms with Gasteiger partial charge in [-0.25, -0.2) is 24.4 Å². The second kappa shape index (κ2) is 18.4. The fourth-order valence-electron chi connectivity index (χ4n) is 7.87. The van der Waals surface area contributed by atoms with E-state index in [0.29, 0.717) is 18.9 Å². The minimum Gasteiger partial charge on any atom is -0.453 e. The van der Waals surface area contributed by atoms with E-state index in [1.807, 2.05) is 19.9 Å². The second-order valence-electron chi connectivity index (χ2n) is 15.2. The molecule has 314 valence electrons. The van der Waals surface area contributed by atoms with E-state index in [1.54, 1.807) is 22.9 Å². The number of methoxy groups -OCH3 is 3. The first-order chi connectivity index (χ1) is 28.0. The van der Waals surface area contributed by atoms with Gasteiger partial charge in [-0.2, -0.15) is 0 Å². The SMILES string of the molecule is COC(=O)N[C@H](NC(=O)N1CCC[C@H]1c1nc2ccc(-c3ccc4cc(-c5cnc([C@@H]6CCCN6C(=O)[C@@H](NC(=O)OC)[C@@H](C)OC)[nH]5)ccc4c3)cc2[nH]1)C(C)C.Cl. The molecule has 0 spiro atoms. The molecule has 5 atom stereocenters. The maximum Gasteiger partial charge on any atom is 0.408 e. The Labute approximate surface area is 348 Å². The summed E-state index contributed by atoms with van der Waals surface area (Å²) in [4.78, 5) is 71.0. The molecule has 3 aromatic carbocycles. The predicted molar refractivity (Wildman–Crippen MR) is 225 cm³/mol. The number of nitrogens with one attached hydrogen (secondary N) is 5. The van der Waals surface area contributed by atoms with Gasteiger partial charge in [-0.1, -0.05) is 44.2 Å². The predicted octanol–water partition coefficient (Wildman–Crippen LogP) is 6.80. The van der Waals surface area contributed by atoms with Crippen molar-refractivity contribution >= 4 is 58.3 Å². The van der Waals surface area contributed by atoms with Crippen LogP contribution in [0.5, 0.6) is 0 Å². The molecule has 5 aromatic rings. The smallest absolute Gasteiger partial charge is 0.408 e. The van der Waals surface area contributed by atoms with E-state index in [1.165, 1.54) is 21.3 Å². The van der Waals surface area contributed by atoms with E-state index in [4.69, 9.17) is 24.2 Å². The quantitative estimate of drug-likeness (QED) is 0.0890. The molecule has 17 heteroatoms. The summed E-state index contributed by atoms with van der Waals surface area (Å²) < 4.78 is 14.9. The Hall–Kier alpha value is -5.87. The molecule has 2 aliphatic rings. The lowest BCUT2D eigenvalue weighted by Gasteiger charge is -2.30. The highest BCUT2D eigenvalue weighted by molar-refractivity contribution is 5.92. The van der Waals surface area contributed by atoms with Crippen molar-refractivity contribution in [1.29, 1.82) is 0 Å². The molecular weight excluding hydrogens is 778 g/mol. The normalized spacial score (nSPS) is 18.0. The average molecular weight is 830 g/mol. The molecule has 0 radical (unpaired) electrons. The van der Waals surface area contributed by atoms with E-state index in [0.717, 1.165) is 75.7 Å². The number of H-pyrrole nitrogens is 2. The number of imidazole rings is 2. The lowest BCUT2D eigenvalue weighted by Crippen LogP contribution is -2.54. The van der Waals surface area contributed by atoms with Gasteiger partial charge < -0.3 is 49.9 Å². The molecule has 0 unspecified atom stereocenters. The molecule has 2 aliphatic heterocycles. The Morgan fingerprint density at radius 3 is 2.03 bits per heavy atom. The van der Waals surface area contributed by atoms with E-state index >= 15 is 0 Å². The number of likely N-dealkylation sites (tertiary alicyclic amines) is 2. The van der Waals surface area contributed by atoms with Crippen LogP contribution in [0, 0.1) is 5.92 Å². The van der Waals surface area contributed by atoms with Crippen molar-refractivity contribution in [2.24, 2.45) is 5.92 Å². The largest absolute Gasteiger partial charge is 0.453 e. The molecule has 4 heterocycles. The maximum atomic E-state index is 13.7. The standard InChI is InChI=1S/C42H51N9O7.ClH/c1-23(2)36(49-42(55)58-6)48-40(53)51-18-8-10-34(51)38-44-30-16-15-28(21-31(30)45-38)26-11-12-27-20-29(14-13-25(27)19-26)32-22-43-37(46-32)33-9-7-17-50(33)39(52)35(24(3)56-4)47-41(54)57-5;/h11-16,19-24,33-36H,7-10,17-18H2,1-6H3,(H,43,46)(H,44,45)(H,47,54)(H,48,53)(H,49,55);1H/t24-,33+,34+,35+,36+;/m1./s1. The number of hydrogen-bond acceptors (Lipinski definition) is 9.